The fourth-order valence-corrected chi connectivity index (χ4v) is 1.80. The summed E-state index contributed by atoms with van der Waals surface area (Å²) in [6.07, 6.45) is 2.62. The van der Waals surface area contributed by atoms with Crippen LogP contribution in [0.4, 0.5) is 11.6 Å². The van der Waals surface area contributed by atoms with E-state index < -0.39 is 0 Å². The van der Waals surface area contributed by atoms with Crippen LogP contribution in [0.5, 0.6) is 0 Å². The van der Waals surface area contributed by atoms with Crippen molar-refractivity contribution in [1.82, 2.24) is 9.97 Å². The Morgan fingerprint density at radius 2 is 2.00 bits per heavy atom. The van der Waals surface area contributed by atoms with Crippen LogP contribution in [-0.2, 0) is 0 Å². The number of nitrogens with zero attached hydrogens (tertiary/aromatic N) is 3. The first-order chi connectivity index (χ1) is 8.02. The van der Waals surface area contributed by atoms with Crippen molar-refractivity contribution in [3.8, 4) is 0 Å². The molecule has 0 bridgehead atoms. The predicted molar refractivity (Wildman–Crippen MR) is 72.1 cm³/mol. The van der Waals surface area contributed by atoms with Crippen molar-refractivity contribution >= 4 is 11.6 Å². The molecule has 1 rings (SSSR count). The van der Waals surface area contributed by atoms with Crippen LogP contribution in [0.2, 0.25) is 0 Å². The maximum atomic E-state index is 5.51. The molecule has 0 aliphatic heterocycles. The summed E-state index contributed by atoms with van der Waals surface area (Å²) >= 11 is 0. The van der Waals surface area contributed by atoms with Crippen LogP contribution in [0.25, 0.3) is 0 Å². The molecule has 0 aliphatic carbocycles. The highest BCUT2D eigenvalue weighted by molar-refractivity contribution is 5.59. The largest absolute Gasteiger partial charge is 0.357 e. The zero-order valence-electron chi connectivity index (χ0n) is 11.4. The molecule has 3 N–H and O–H groups in total. The molecule has 96 valence electrons. The SMILES string of the molecule is CCC(C)N(C)c1ncnc(NN)c1C(C)C. The summed E-state index contributed by atoms with van der Waals surface area (Å²) in [6.45, 7) is 8.59. The molecule has 17 heavy (non-hydrogen) atoms. The molecule has 0 radical (unpaired) electrons. The molecule has 0 saturated carbocycles. The van der Waals surface area contributed by atoms with Gasteiger partial charge in [-0.05, 0) is 19.3 Å². The molecular formula is C12H23N5. The van der Waals surface area contributed by atoms with Crippen LogP contribution in [0.15, 0.2) is 6.33 Å². The Kier molecular flexibility index (Phi) is 4.69. The monoisotopic (exact) mass is 237 g/mol. The quantitative estimate of drug-likeness (QED) is 0.606. The minimum absolute atomic E-state index is 0.323. The molecule has 0 saturated heterocycles. The first-order valence-corrected chi connectivity index (χ1v) is 6.07. The third kappa shape index (κ3) is 2.85. The summed E-state index contributed by atoms with van der Waals surface area (Å²) < 4.78 is 0. The van der Waals surface area contributed by atoms with Gasteiger partial charge in [0.2, 0.25) is 0 Å². The third-order valence-corrected chi connectivity index (χ3v) is 3.16. The number of anilines is 2. The molecular weight excluding hydrogens is 214 g/mol. The van der Waals surface area contributed by atoms with Gasteiger partial charge in [-0.3, -0.25) is 0 Å². The lowest BCUT2D eigenvalue weighted by Gasteiger charge is -2.28. The van der Waals surface area contributed by atoms with Gasteiger partial charge in [0.25, 0.3) is 0 Å². The summed E-state index contributed by atoms with van der Waals surface area (Å²) in [6, 6.07) is 0.438. The molecule has 0 spiro atoms. The van der Waals surface area contributed by atoms with Crippen LogP contribution in [-0.4, -0.2) is 23.1 Å². The van der Waals surface area contributed by atoms with Crippen molar-refractivity contribution in [1.29, 1.82) is 0 Å². The van der Waals surface area contributed by atoms with E-state index in [-0.39, 0.29) is 0 Å². The molecule has 1 aromatic rings. The van der Waals surface area contributed by atoms with E-state index in [4.69, 9.17) is 5.84 Å². The molecule has 5 nitrogen and oxygen atoms in total. The van der Waals surface area contributed by atoms with Gasteiger partial charge in [0, 0.05) is 18.7 Å². The molecule has 0 aliphatic rings. The van der Waals surface area contributed by atoms with Gasteiger partial charge in [-0.2, -0.15) is 0 Å². The lowest BCUT2D eigenvalue weighted by Crippen LogP contribution is -2.30. The van der Waals surface area contributed by atoms with Crippen molar-refractivity contribution in [2.45, 2.75) is 46.1 Å². The smallest absolute Gasteiger partial charge is 0.148 e. The van der Waals surface area contributed by atoms with Gasteiger partial charge in [-0.25, -0.2) is 15.8 Å². The molecule has 1 aromatic heterocycles. The van der Waals surface area contributed by atoms with Crippen LogP contribution in [0.1, 0.15) is 45.6 Å². The van der Waals surface area contributed by atoms with Gasteiger partial charge in [0.15, 0.2) is 0 Å². The van der Waals surface area contributed by atoms with Gasteiger partial charge in [-0.1, -0.05) is 20.8 Å². The first kappa shape index (κ1) is 13.7. The summed E-state index contributed by atoms with van der Waals surface area (Å²) in [5.74, 6) is 7.49. The molecule has 1 heterocycles. The van der Waals surface area contributed by atoms with Crippen molar-refractivity contribution in [3.63, 3.8) is 0 Å². The van der Waals surface area contributed by atoms with E-state index in [1.807, 2.05) is 0 Å². The van der Waals surface area contributed by atoms with Crippen molar-refractivity contribution in [3.05, 3.63) is 11.9 Å². The molecule has 0 amide bonds. The van der Waals surface area contributed by atoms with E-state index in [0.717, 1.165) is 17.8 Å². The average molecular weight is 237 g/mol. The lowest BCUT2D eigenvalue weighted by atomic mass is 10.0. The highest BCUT2D eigenvalue weighted by atomic mass is 15.3. The van der Waals surface area contributed by atoms with Gasteiger partial charge < -0.3 is 10.3 Å². The summed E-state index contributed by atoms with van der Waals surface area (Å²) in [5, 5.41) is 0. The zero-order valence-corrected chi connectivity index (χ0v) is 11.4. The van der Waals surface area contributed by atoms with E-state index in [0.29, 0.717) is 17.8 Å². The Balaban J connectivity index is 3.22. The highest BCUT2D eigenvalue weighted by Crippen LogP contribution is 2.30. The van der Waals surface area contributed by atoms with E-state index in [1.165, 1.54) is 0 Å². The second kappa shape index (κ2) is 5.82. The number of nitrogens with two attached hydrogens (primary N) is 1. The van der Waals surface area contributed by atoms with E-state index in [1.54, 1.807) is 6.33 Å². The number of nitrogen functional groups attached to an aromatic ring is 1. The fraction of sp³-hybridized carbons (Fsp3) is 0.667. The lowest BCUT2D eigenvalue weighted by molar-refractivity contribution is 0.649. The van der Waals surface area contributed by atoms with Crippen molar-refractivity contribution < 1.29 is 0 Å². The maximum Gasteiger partial charge on any atom is 0.148 e. The van der Waals surface area contributed by atoms with Crippen LogP contribution < -0.4 is 16.2 Å². The topological polar surface area (TPSA) is 67.1 Å². The van der Waals surface area contributed by atoms with Crippen molar-refractivity contribution in [2.24, 2.45) is 5.84 Å². The van der Waals surface area contributed by atoms with Gasteiger partial charge in [-0.15, -0.1) is 0 Å². The minimum atomic E-state index is 0.323. The Bertz CT molecular complexity index is 364. The number of hydrogen-bond acceptors (Lipinski definition) is 5. The van der Waals surface area contributed by atoms with E-state index in [2.05, 4.69) is 55.0 Å². The number of rotatable bonds is 5. The minimum Gasteiger partial charge on any atom is -0.357 e. The highest BCUT2D eigenvalue weighted by Gasteiger charge is 2.19. The number of hydrogen-bond donors (Lipinski definition) is 2. The normalized spacial score (nSPS) is 12.6. The molecule has 0 fully saturated rings. The van der Waals surface area contributed by atoms with E-state index >= 15 is 0 Å². The molecule has 0 aromatic carbocycles. The maximum absolute atomic E-state index is 5.51. The van der Waals surface area contributed by atoms with Crippen molar-refractivity contribution in [2.75, 3.05) is 17.4 Å². The van der Waals surface area contributed by atoms with E-state index in [9.17, 15) is 0 Å². The standard InChI is InChI=1S/C12H23N5/c1-6-9(4)17(5)12-10(8(2)3)11(16-13)14-7-15-12/h7-9H,6,13H2,1-5H3,(H,14,15,16). The predicted octanol–water partition coefficient (Wildman–Crippen LogP) is 2.12. The third-order valence-electron chi connectivity index (χ3n) is 3.16. The second-order valence-electron chi connectivity index (χ2n) is 4.63. The summed E-state index contributed by atoms with van der Waals surface area (Å²) in [5.41, 5.74) is 3.72. The number of aromatic nitrogens is 2. The summed E-state index contributed by atoms with van der Waals surface area (Å²) in [7, 11) is 2.06. The Labute approximate surface area is 103 Å². The first-order valence-electron chi connectivity index (χ1n) is 6.07. The van der Waals surface area contributed by atoms with Crippen LogP contribution in [0.3, 0.4) is 0 Å². The van der Waals surface area contributed by atoms with Gasteiger partial charge in [0.1, 0.15) is 18.0 Å². The average Bonchev–Trinajstić information content (AvgIpc) is 2.35. The Morgan fingerprint density at radius 3 is 2.47 bits per heavy atom. The Hall–Kier alpha value is -1.36. The Morgan fingerprint density at radius 1 is 1.35 bits per heavy atom. The van der Waals surface area contributed by atoms with Gasteiger partial charge >= 0.3 is 0 Å². The van der Waals surface area contributed by atoms with Crippen LogP contribution >= 0.6 is 0 Å². The second-order valence-corrected chi connectivity index (χ2v) is 4.63. The number of hydrazine groups is 1. The molecule has 5 heteroatoms. The zero-order chi connectivity index (χ0) is 13.0. The molecule has 1 atom stereocenters. The van der Waals surface area contributed by atoms with Gasteiger partial charge in [0.05, 0.1) is 0 Å². The van der Waals surface area contributed by atoms with Crippen LogP contribution in [0, 0.1) is 0 Å². The number of nitrogens with one attached hydrogen (secondary N) is 1. The summed E-state index contributed by atoms with van der Waals surface area (Å²) in [4.78, 5) is 10.7. The molecule has 1 unspecified atom stereocenters. The fourth-order valence-electron chi connectivity index (χ4n) is 1.80.